The third-order valence-electron chi connectivity index (χ3n) is 5.40. The minimum atomic E-state index is -3.58. The van der Waals surface area contributed by atoms with Gasteiger partial charge in [-0.25, -0.2) is 8.42 Å². The topological polar surface area (TPSA) is 79.0 Å². The van der Waals surface area contributed by atoms with E-state index in [-0.39, 0.29) is 10.8 Å². The van der Waals surface area contributed by atoms with Crippen LogP contribution in [0.2, 0.25) is 0 Å². The largest absolute Gasteiger partial charge is 0.457 e. The van der Waals surface area contributed by atoms with Crippen LogP contribution in [-0.2, 0) is 10.0 Å². The summed E-state index contributed by atoms with van der Waals surface area (Å²) in [6.07, 6.45) is 0. The van der Waals surface area contributed by atoms with Crippen molar-refractivity contribution in [2.45, 2.75) is 4.90 Å². The third kappa shape index (κ3) is 4.76. The number of para-hydroxylation sites is 1. The Kier molecular flexibility index (Phi) is 6.43. The second-order valence-corrected chi connectivity index (χ2v) is 9.34. The summed E-state index contributed by atoms with van der Waals surface area (Å²) in [5.41, 5.74) is 1.56. The predicted octanol–water partition coefficient (Wildman–Crippen LogP) is 3.35. The van der Waals surface area contributed by atoms with Gasteiger partial charge in [-0.2, -0.15) is 4.31 Å². The number of nitrogens with zero attached hydrogens (tertiary/aromatic N) is 2. The first-order valence-electron chi connectivity index (χ1n) is 10.4. The minimum Gasteiger partial charge on any atom is -0.457 e. The molecule has 32 heavy (non-hydrogen) atoms. The molecule has 1 amide bonds. The quantitative estimate of drug-likeness (QED) is 0.622. The monoisotopic (exact) mass is 451 g/mol. The molecule has 0 unspecified atom stereocenters. The van der Waals surface area contributed by atoms with Crippen molar-refractivity contribution in [2.24, 2.45) is 0 Å². The average Bonchev–Trinajstić information content (AvgIpc) is 2.85. The number of hydrogen-bond donors (Lipinski definition) is 1. The standard InChI is InChI=1S/C24H25N3O4S/c1-25-24(28)19-7-9-20(10-8-19)26-15-17-27(18-16-26)32(29,30)23-13-11-22(12-14-23)31-21-5-3-2-4-6-21/h2-14H,15-18H2,1H3,(H,25,28). The summed E-state index contributed by atoms with van der Waals surface area (Å²) in [5, 5.41) is 2.60. The fourth-order valence-corrected chi connectivity index (χ4v) is 5.03. The lowest BCUT2D eigenvalue weighted by molar-refractivity contribution is 0.0963. The Morgan fingerprint density at radius 3 is 2.00 bits per heavy atom. The van der Waals surface area contributed by atoms with Crippen LogP contribution in [0.15, 0.2) is 83.8 Å². The number of carbonyl (C=O) groups is 1. The molecule has 0 aromatic heterocycles. The van der Waals surface area contributed by atoms with Crippen LogP contribution in [0.4, 0.5) is 5.69 Å². The number of sulfonamides is 1. The van der Waals surface area contributed by atoms with Crippen LogP contribution >= 0.6 is 0 Å². The van der Waals surface area contributed by atoms with Gasteiger partial charge in [0.05, 0.1) is 4.90 Å². The average molecular weight is 452 g/mol. The lowest BCUT2D eigenvalue weighted by Crippen LogP contribution is -2.48. The molecule has 0 atom stereocenters. The molecule has 7 nitrogen and oxygen atoms in total. The number of nitrogens with one attached hydrogen (secondary N) is 1. The maximum atomic E-state index is 13.1. The van der Waals surface area contributed by atoms with Crippen molar-refractivity contribution in [1.29, 1.82) is 0 Å². The fourth-order valence-electron chi connectivity index (χ4n) is 3.61. The zero-order valence-electron chi connectivity index (χ0n) is 17.8. The number of carbonyl (C=O) groups excluding carboxylic acids is 1. The molecular weight excluding hydrogens is 426 g/mol. The van der Waals surface area contributed by atoms with E-state index < -0.39 is 10.0 Å². The van der Waals surface area contributed by atoms with E-state index in [1.165, 1.54) is 4.31 Å². The molecular formula is C24H25N3O4S. The zero-order chi connectivity index (χ0) is 22.6. The van der Waals surface area contributed by atoms with E-state index in [0.717, 1.165) is 5.69 Å². The molecule has 1 N–H and O–H groups in total. The SMILES string of the molecule is CNC(=O)c1ccc(N2CCN(S(=O)(=O)c3ccc(Oc4ccccc4)cc3)CC2)cc1. The highest BCUT2D eigenvalue weighted by molar-refractivity contribution is 7.89. The maximum Gasteiger partial charge on any atom is 0.251 e. The fraction of sp³-hybridized carbons (Fsp3) is 0.208. The predicted molar refractivity (Wildman–Crippen MR) is 124 cm³/mol. The highest BCUT2D eigenvalue weighted by Gasteiger charge is 2.28. The summed E-state index contributed by atoms with van der Waals surface area (Å²) in [5.74, 6) is 1.15. The Hall–Kier alpha value is -3.36. The Balaban J connectivity index is 1.38. The highest BCUT2D eigenvalue weighted by Crippen LogP contribution is 2.25. The smallest absolute Gasteiger partial charge is 0.251 e. The van der Waals surface area contributed by atoms with Crippen LogP contribution in [-0.4, -0.2) is 51.9 Å². The number of ether oxygens (including phenoxy) is 1. The molecule has 1 aliphatic heterocycles. The summed E-state index contributed by atoms with van der Waals surface area (Å²) in [6, 6.07) is 23.2. The number of amides is 1. The van der Waals surface area contributed by atoms with Gasteiger partial charge in [-0.1, -0.05) is 18.2 Å². The Morgan fingerprint density at radius 2 is 1.41 bits per heavy atom. The number of anilines is 1. The van der Waals surface area contributed by atoms with Crippen LogP contribution in [0, 0.1) is 0 Å². The molecule has 1 fully saturated rings. The zero-order valence-corrected chi connectivity index (χ0v) is 18.6. The van der Waals surface area contributed by atoms with E-state index in [0.29, 0.717) is 43.2 Å². The van der Waals surface area contributed by atoms with Crippen LogP contribution in [0.25, 0.3) is 0 Å². The molecule has 166 valence electrons. The molecule has 1 aliphatic rings. The van der Waals surface area contributed by atoms with Gasteiger partial charge in [0, 0.05) is 44.5 Å². The van der Waals surface area contributed by atoms with Crippen molar-refractivity contribution in [3.63, 3.8) is 0 Å². The van der Waals surface area contributed by atoms with Crippen molar-refractivity contribution in [2.75, 3.05) is 38.1 Å². The molecule has 0 spiro atoms. The molecule has 3 aromatic rings. The molecule has 0 saturated carbocycles. The molecule has 1 heterocycles. The van der Waals surface area contributed by atoms with Gasteiger partial charge in [0.25, 0.3) is 5.91 Å². The normalized spacial score (nSPS) is 14.7. The molecule has 0 aliphatic carbocycles. The van der Waals surface area contributed by atoms with Crippen molar-refractivity contribution < 1.29 is 17.9 Å². The van der Waals surface area contributed by atoms with E-state index >= 15 is 0 Å². The van der Waals surface area contributed by atoms with Gasteiger partial charge in [0.2, 0.25) is 10.0 Å². The Labute approximate surface area is 188 Å². The first-order valence-corrected chi connectivity index (χ1v) is 11.8. The van der Waals surface area contributed by atoms with Crippen molar-refractivity contribution in [3.05, 3.63) is 84.4 Å². The van der Waals surface area contributed by atoms with Crippen LogP contribution < -0.4 is 15.0 Å². The molecule has 0 radical (unpaired) electrons. The van der Waals surface area contributed by atoms with Gasteiger partial charge in [-0.15, -0.1) is 0 Å². The summed E-state index contributed by atoms with van der Waals surface area (Å²) >= 11 is 0. The Morgan fingerprint density at radius 1 is 0.812 bits per heavy atom. The number of hydrogen-bond acceptors (Lipinski definition) is 5. The van der Waals surface area contributed by atoms with Crippen molar-refractivity contribution in [1.82, 2.24) is 9.62 Å². The summed E-state index contributed by atoms with van der Waals surface area (Å²) < 4.78 is 33.4. The van der Waals surface area contributed by atoms with Crippen LogP contribution in [0.3, 0.4) is 0 Å². The number of benzene rings is 3. The van der Waals surface area contributed by atoms with E-state index in [2.05, 4.69) is 10.2 Å². The van der Waals surface area contributed by atoms with Gasteiger partial charge in [0.1, 0.15) is 11.5 Å². The molecule has 3 aromatic carbocycles. The maximum absolute atomic E-state index is 13.1. The van der Waals surface area contributed by atoms with Crippen LogP contribution in [0.5, 0.6) is 11.5 Å². The molecule has 1 saturated heterocycles. The third-order valence-corrected chi connectivity index (χ3v) is 7.31. The molecule has 4 rings (SSSR count). The summed E-state index contributed by atoms with van der Waals surface area (Å²) in [6.45, 7) is 1.94. The Bertz CT molecular complexity index is 1160. The van der Waals surface area contributed by atoms with Gasteiger partial charge in [0.15, 0.2) is 0 Å². The van der Waals surface area contributed by atoms with Crippen LogP contribution in [0.1, 0.15) is 10.4 Å². The molecule has 8 heteroatoms. The number of rotatable bonds is 6. The lowest BCUT2D eigenvalue weighted by atomic mass is 10.1. The molecule has 0 bridgehead atoms. The minimum absolute atomic E-state index is 0.132. The first kappa shape index (κ1) is 21.9. The lowest BCUT2D eigenvalue weighted by Gasteiger charge is -2.35. The van der Waals surface area contributed by atoms with E-state index in [4.69, 9.17) is 4.74 Å². The first-order chi connectivity index (χ1) is 15.5. The van der Waals surface area contributed by atoms with Gasteiger partial charge in [-0.3, -0.25) is 4.79 Å². The highest BCUT2D eigenvalue weighted by atomic mass is 32.2. The van der Waals surface area contributed by atoms with E-state index in [1.54, 1.807) is 43.4 Å². The summed E-state index contributed by atoms with van der Waals surface area (Å²) in [4.78, 5) is 14.1. The number of piperazine rings is 1. The van der Waals surface area contributed by atoms with Gasteiger partial charge < -0.3 is 15.0 Å². The van der Waals surface area contributed by atoms with E-state index in [9.17, 15) is 13.2 Å². The van der Waals surface area contributed by atoms with Gasteiger partial charge in [-0.05, 0) is 60.7 Å². The van der Waals surface area contributed by atoms with Crippen molar-refractivity contribution >= 4 is 21.6 Å². The summed E-state index contributed by atoms with van der Waals surface area (Å²) in [7, 11) is -1.98. The van der Waals surface area contributed by atoms with Crippen molar-refractivity contribution in [3.8, 4) is 11.5 Å². The van der Waals surface area contributed by atoms with E-state index in [1.807, 2.05) is 42.5 Å². The van der Waals surface area contributed by atoms with Gasteiger partial charge >= 0.3 is 0 Å². The second kappa shape index (κ2) is 9.42. The second-order valence-electron chi connectivity index (χ2n) is 7.40.